The Morgan fingerprint density at radius 1 is 1.56 bits per heavy atom. The van der Waals surface area contributed by atoms with Crippen LogP contribution in [-0.4, -0.2) is 18.0 Å². The van der Waals surface area contributed by atoms with Gasteiger partial charge < -0.3 is 9.88 Å². The highest BCUT2D eigenvalue weighted by Gasteiger charge is 1.97. The van der Waals surface area contributed by atoms with Crippen molar-refractivity contribution >= 4 is 6.34 Å². The minimum absolute atomic E-state index is 0.570. The van der Waals surface area contributed by atoms with Crippen LogP contribution in [0.3, 0.4) is 0 Å². The molecule has 0 spiro atoms. The van der Waals surface area contributed by atoms with Gasteiger partial charge in [0.25, 0.3) is 0 Å². The molecule has 0 aliphatic heterocycles. The molecule has 1 aromatic rings. The number of aromatic nitrogens is 1. The van der Waals surface area contributed by atoms with Gasteiger partial charge in [-0.05, 0) is 37.1 Å². The van der Waals surface area contributed by atoms with Gasteiger partial charge >= 0.3 is 0 Å². The number of hydrogen-bond acceptors (Lipinski definition) is 1. The molecule has 0 saturated heterocycles. The minimum atomic E-state index is 0.570. The summed E-state index contributed by atoms with van der Waals surface area (Å²) >= 11 is 0. The van der Waals surface area contributed by atoms with E-state index in [-0.39, 0.29) is 0 Å². The van der Waals surface area contributed by atoms with Crippen LogP contribution in [0.2, 0.25) is 0 Å². The topological polar surface area (TPSA) is 29.3 Å². The summed E-state index contributed by atoms with van der Waals surface area (Å²) in [6.45, 7) is 5.41. The molecular formula is C13H21N3. The molecule has 0 aliphatic carbocycles. The third-order valence-electron chi connectivity index (χ3n) is 2.47. The van der Waals surface area contributed by atoms with Crippen LogP contribution in [0, 0.1) is 12.8 Å². The number of nitrogens with zero attached hydrogens (tertiary/aromatic N) is 2. The normalized spacial score (nSPS) is 13.7. The van der Waals surface area contributed by atoms with Gasteiger partial charge in [0.15, 0.2) is 0 Å². The van der Waals surface area contributed by atoms with Gasteiger partial charge in [-0.3, -0.25) is 4.99 Å². The molecule has 0 unspecified atom stereocenters. The molecule has 1 rings (SSSR count). The van der Waals surface area contributed by atoms with Crippen molar-refractivity contribution < 1.29 is 0 Å². The van der Waals surface area contributed by atoms with Gasteiger partial charge in [0.05, 0.1) is 6.34 Å². The Morgan fingerprint density at radius 3 is 3.00 bits per heavy atom. The van der Waals surface area contributed by atoms with Crippen LogP contribution in [0.15, 0.2) is 35.7 Å². The zero-order chi connectivity index (χ0) is 11.8. The fourth-order valence-electron chi connectivity index (χ4n) is 1.49. The first-order chi connectivity index (χ1) is 7.72. The number of aliphatic imine (C=N–C) groups is 1. The fraction of sp³-hybridized carbons (Fsp3) is 0.462. The second kappa shape index (κ2) is 6.88. The van der Waals surface area contributed by atoms with Crippen LogP contribution in [0.5, 0.6) is 0 Å². The summed E-state index contributed by atoms with van der Waals surface area (Å²) in [4.78, 5) is 3.84. The molecule has 1 aromatic heterocycles. The van der Waals surface area contributed by atoms with Crippen LogP contribution >= 0.6 is 0 Å². The van der Waals surface area contributed by atoms with E-state index < -0.39 is 0 Å². The third kappa shape index (κ3) is 4.82. The zero-order valence-corrected chi connectivity index (χ0v) is 10.4. The van der Waals surface area contributed by atoms with Gasteiger partial charge in [-0.2, -0.15) is 0 Å². The molecule has 0 saturated carbocycles. The molecule has 16 heavy (non-hydrogen) atoms. The minimum Gasteiger partial charge on any atom is -0.354 e. The summed E-state index contributed by atoms with van der Waals surface area (Å²) < 4.78 is 2.24. The molecule has 0 amide bonds. The van der Waals surface area contributed by atoms with E-state index in [1.165, 1.54) is 5.56 Å². The smallest absolute Gasteiger partial charge is 0.0859 e. The number of allylic oxidation sites excluding steroid dienone is 1. The molecule has 0 bridgehead atoms. The maximum Gasteiger partial charge on any atom is 0.0859 e. The molecule has 1 N–H and O–H groups in total. The van der Waals surface area contributed by atoms with Crippen LogP contribution in [0.1, 0.15) is 18.9 Å². The van der Waals surface area contributed by atoms with E-state index in [2.05, 4.69) is 53.3 Å². The van der Waals surface area contributed by atoms with E-state index in [9.17, 15) is 0 Å². The van der Waals surface area contributed by atoms with E-state index in [0.717, 1.165) is 13.0 Å². The quantitative estimate of drug-likeness (QED) is 0.578. The van der Waals surface area contributed by atoms with E-state index in [1.54, 1.807) is 13.4 Å². The highest BCUT2D eigenvalue weighted by atomic mass is 14.9. The summed E-state index contributed by atoms with van der Waals surface area (Å²) in [7, 11) is 1.75. The van der Waals surface area contributed by atoms with E-state index in [1.807, 2.05) is 6.20 Å². The first-order valence-corrected chi connectivity index (χ1v) is 5.68. The van der Waals surface area contributed by atoms with Crippen molar-refractivity contribution in [3.05, 3.63) is 36.3 Å². The van der Waals surface area contributed by atoms with Crippen molar-refractivity contribution in [2.75, 3.05) is 7.05 Å². The fourth-order valence-corrected chi connectivity index (χ4v) is 1.49. The van der Waals surface area contributed by atoms with Crippen molar-refractivity contribution in [2.45, 2.75) is 26.8 Å². The van der Waals surface area contributed by atoms with Gasteiger partial charge in [0.2, 0.25) is 0 Å². The summed E-state index contributed by atoms with van der Waals surface area (Å²) in [5.74, 6) is 0.570. The van der Waals surface area contributed by atoms with Crippen molar-refractivity contribution in [1.29, 1.82) is 0 Å². The lowest BCUT2D eigenvalue weighted by Crippen LogP contribution is -2.03. The largest absolute Gasteiger partial charge is 0.354 e. The molecular weight excluding hydrogens is 198 g/mol. The Labute approximate surface area is 97.9 Å². The Balaban J connectivity index is 2.24. The van der Waals surface area contributed by atoms with Gasteiger partial charge in [0.1, 0.15) is 0 Å². The average Bonchev–Trinajstić information content (AvgIpc) is 2.68. The highest BCUT2D eigenvalue weighted by Crippen LogP contribution is 2.07. The standard InChI is InChI=1S/C13H21N3/c1-12(4-7-15-11-14-3)5-8-16-9-6-13(2)10-16/h4,6-7,9-12H,5,8H2,1-3H3,(H,14,15)/b7-4+/t12-/m0/s1. The Kier molecular flexibility index (Phi) is 5.40. The van der Waals surface area contributed by atoms with Crippen molar-refractivity contribution in [1.82, 2.24) is 9.88 Å². The third-order valence-corrected chi connectivity index (χ3v) is 2.47. The number of hydrogen-bond donors (Lipinski definition) is 1. The lowest BCUT2D eigenvalue weighted by Gasteiger charge is -2.07. The average molecular weight is 219 g/mol. The number of rotatable bonds is 6. The SMILES string of the molecule is CN=CN/C=C/[C@H](C)CCn1ccc(C)c1. The predicted molar refractivity (Wildman–Crippen MR) is 69.6 cm³/mol. The van der Waals surface area contributed by atoms with Gasteiger partial charge in [0, 0.05) is 26.0 Å². The van der Waals surface area contributed by atoms with Gasteiger partial charge in [-0.1, -0.05) is 13.0 Å². The molecule has 0 aliphatic rings. The highest BCUT2D eigenvalue weighted by molar-refractivity contribution is 5.55. The van der Waals surface area contributed by atoms with Crippen molar-refractivity contribution in [2.24, 2.45) is 10.9 Å². The molecule has 1 atom stereocenters. The predicted octanol–water partition coefficient (Wildman–Crippen LogP) is 2.58. The Bertz CT molecular complexity index is 350. The van der Waals surface area contributed by atoms with E-state index >= 15 is 0 Å². The number of aryl methyl sites for hydroxylation is 2. The summed E-state index contributed by atoms with van der Waals surface area (Å²) in [5.41, 5.74) is 1.32. The van der Waals surface area contributed by atoms with Crippen LogP contribution < -0.4 is 5.32 Å². The molecule has 1 heterocycles. The first-order valence-electron chi connectivity index (χ1n) is 5.68. The molecule has 88 valence electrons. The number of nitrogens with one attached hydrogen (secondary N) is 1. The van der Waals surface area contributed by atoms with Crippen LogP contribution in [0.4, 0.5) is 0 Å². The van der Waals surface area contributed by atoms with Crippen molar-refractivity contribution in [3.8, 4) is 0 Å². The van der Waals surface area contributed by atoms with E-state index in [0.29, 0.717) is 5.92 Å². The molecule has 0 radical (unpaired) electrons. The second-order valence-electron chi connectivity index (χ2n) is 4.11. The maximum absolute atomic E-state index is 3.84. The van der Waals surface area contributed by atoms with Gasteiger partial charge in [-0.25, -0.2) is 0 Å². The summed E-state index contributed by atoms with van der Waals surface area (Å²) in [6, 6.07) is 2.14. The second-order valence-corrected chi connectivity index (χ2v) is 4.11. The van der Waals surface area contributed by atoms with Crippen molar-refractivity contribution in [3.63, 3.8) is 0 Å². The summed E-state index contributed by atoms with van der Waals surface area (Å²) in [6.07, 6.45) is 11.2. The maximum atomic E-state index is 3.84. The molecule has 0 fully saturated rings. The summed E-state index contributed by atoms with van der Waals surface area (Å²) in [5, 5.41) is 2.99. The monoisotopic (exact) mass is 219 g/mol. The Hall–Kier alpha value is -1.51. The lowest BCUT2D eigenvalue weighted by molar-refractivity contribution is 0.555. The molecule has 0 aromatic carbocycles. The van der Waals surface area contributed by atoms with Crippen LogP contribution in [0.25, 0.3) is 0 Å². The first kappa shape index (κ1) is 12.6. The molecule has 3 nitrogen and oxygen atoms in total. The Morgan fingerprint density at radius 2 is 2.38 bits per heavy atom. The zero-order valence-electron chi connectivity index (χ0n) is 10.4. The lowest BCUT2D eigenvalue weighted by atomic mass is 10.1. The van der Waals surface area contributed by atoms with Crippen LogP contribution in [-0.2, 0) is 6.54 Å². The van der Waals surface area contributed by atoms with Gasteiger partial charge in [-0.15, -0.1) is 0 Å². The van der Waals surface area contributed by atoms with E-state index in [4.69, 9.17) is 0 Å². The molecule has 3 heteroatoms.